The van der Waals surface area contributed by atoms with Crippen LogP contribution in [0.1, 0.15) is 6.42 Å². The molecule has 0 radical (unpaired) electrons. The number of hydrogen-bond acceptors (Lipinski definition) is 3. The van der Waals surface area contributed by atoms with Gasteiger partial charge in [0.25, 0.3) is 0 Å². The van der Waals surface area contributed by atoms with Crippen LogP contribution in [0.4, 0.5) is 5.69 Å². The quantitative estimate of drug-likeness (QED) is 0.689. The average molecular weight is 303 g/mol. The summed E-state index contributed by atoms with van der Waals surface area (Å²) in [6, 6.07) is 7.21. The van der Waals surface area contributed by atoms with Gasteiger partial charge >= 0.3 is 0 Å². The Morgan fingerprint density at radius 3 is 2.19 bits per heavy atom. The van der Waals surface area contributed by atoms with Crippen LogP contribution in [0.2, 0.25) is 5.02 Å². The molecule has 0 spiro atoms. The number of hydrogen-bond donors (Lipinski definition) is 1. The minimum atomic E-state index is -0.125. The molecule has 0 aromatic heterocycles. The first-order chi connectivity index (χ1) is 10.1. The van der Waals surface area contributed by atoms with Gasteiger partial charge in [-0.15, -0.1) is 0 Å². The Bertz CT molecular complexity index is 610. The molecule has 108 valence electrons. The van der Waals surface area contributed by atoms with Gasteiger partial charge in [-0.3, -0.25) is 14.5 Å². The van der Waals surface area contributed by atoms with Crippen molar-refractivity contribution in [3.63, 3.8) is 0 Å². The Kier molecular flexibility index (Phi) is 2.82. The Labute approximate surface area is 127 Å². The van der Waals surface area contributed by atoms with Crippen LogP contribution in [0, 0.1) is 23.7 Å². The van der Waals surface area contributed by atoms with Crippen LogP contribution in [0.25, 0.3) is 0 Å². The summed E-state index contributed by atoms with van der Waals surface area (Å²) in [7, 11) is 0. The molecule has 4 atom stereocenters. The molecule has 2 aliphatic carbocycles. The van der Waals surface area contributed by atoms with Crippen LogP contribution in [-0.4, -0.2) is 23.4 Å². The van der Waals surface area contributed by atoms with Crippen molar-refractivity contribution < 1.29 is 9.59 Å². The highest BCUT2D eigenvalue weighted by atomic mass is 35.5. The molecular weight excluding hydrogens is 288 g/mol. The predicted molar refractivity (Wildman–Crippen MR) is 79.5 cm³/mol. The van der Waals surface area contributed by atoms with Crippen LogP contribution < -0.4 is 5.32 Å². The van der Waals surface area contributed by atoms with Gasteiger partial charge in [-0.25, -0.2) is 0 Å². The van der Waals surface area contributed by atoms with E-state index in [1.807, 2.05) is 12.1 Å². The highest BCUT2D eigenvalue weighted by molar-refractivity contribution is 6.30. The summed E-state index contributed by atoms with van der Waals surface area (Å²) in [5, 5.41) is 3.78. The molecule has 1 N–H and O–H groups in total. The number of halogens is 1. The third kappa shape index (κ3) is 1.89. The first kappa shape index (κ1) is 12.9. The topological polar surface area (TPSA) is 49.4 Å². The van der Waals surface area contributed by atoms with Gasteiger partial charge in [0, 0.05) is 10.7 Å². The average Bonchev–Trinajstić information content (AvgIpc) is 3.14. The highest BCUT2D eigenvalue weighted by Gasteiger charge is 2.59. The van der Waals surface area contributed by atoms with Crippen molar-refractivity contribution in [2.75, 3.05) is 12.0 Å². The lowest BCUT2D eigenvalue weighted by molar-refractivity contribution is -0.140. The molecule has 4 rings (SSSR count). The number of benzene rings is 1. The number of allylic oxidation sites excluding steroid dienone is 2. The van der Waals surface area contributed by atoms with E-state index in [0.29, 0.717) is 5.02 Å². The third-order valence-electron chi connectivity index (χ3n) is 4.85. The molecule has 3 aliphatic rings. The van der Waals surface area contributed by atoms with Gasteiger partial charge in [-0.2, -0.15) is 0 Å². The monoisotopic (exact) mass is 302 g/mol. The van der Waals surface area contributed by atoms with Crippen LogP contribution in [0.5, 0.6) is 0 Å². The van der Waals surface area contributed by atoms with E-state index >= 15 is 0 Å². The smallest absolute Gasteiger partial charge is 0.235 e. The number of amides is 2. The maximum Gasteiger partial charge on any atom is 0.235 e. The number of carbonyl (C=O) groups excluding carboxylic acids is 2. The lowest BCUT2D eigenvalue weighted by Gasteiger charge is -2.18. The summed E-state index contributed by atoms with van der Waals surface area (Å²) < 4.78 is 0. The number of carbonyl (C=O) groups is 2. The number of nitrogens with one attached hydrogen (secondary N) is 1. The second-order valence-corrected chi connectivity index (χ2v) is 6.38. The molecule has 1 aromatic carbocycles. The maximum absolute atomic E-state index is 12.5. The van der Waals surface area contributed by atoms with E-state index in [1.165, 1.54) is 4.90 Å². The van der Waals surface area contributed by atoms with Crippen LogP contribution in [0.15, 0.2) is 36.4 Å². The van der Waals surface area contributed by atoms with Crippen LogP contribution in [0.3, 0.4) is 0 Å². The molecule has 21 heavy (non-hydrogen) atoms. The van der Waals surface area contributed by atoms with E-state index in [2.05, 4.69) is 17.5 Å². The normalized spacial score (nSPS) is 32.9. The Hall–Kier alpha value is -1.81. The second-order valence-electron chi connectivity index (χ2n) is 5.95. The van der Waals surface area contributed by atoms with Crippen molar-refractivity contribution in [2.45, 2.75) is 6.42 Å². The van der Waals surface area contributed by atoms with Crippen molar-refractivity contribution in [2.24, 2.45) is 23.7 Å². The zero-order valence-corrected chi connectivity index (χ0v) is 12.1. The second kappa shape index (κ2) is 4.60. The van der Waals surface area contributed by atoms with Crippen LogP contribution >= 0.6 is 11.6 Å². The van der Waals surface area contributed by atoms with Crippen molar-refractivity contribution in [1.82, 2.24) is 4.90 Å². The predicted octanol–water partition coefficient (Wildman–Crippen LogP) is 2.52. The molecule has 1 heterocycles. The zero-order chi connectivity index (χ0) is 14.6. The third-order valence-corrected chi connectivity index (χ3v) is 5.10. The summed E-state index contributed by atoms with van der Waals surface area (Å²) in [5.74, 6) is 0.222. The fourth-order valence-corrected chi connectivity index (χ4v) is 3.98. The van der Waals surface area contributed by atoms with Gasteiger partial charge in [0.05, 0.1) is 18.5 Å². The number of fused-ring (bicyclic) bond motifs is 5. The van der Waals surface area contributed by atoms with E-state index < -0.39 is 0 Å². The van der Waals surface area contributed by atoms with Crippen molar-refractivity contribution in [1.29, 1.82) is 0 Å². The Morgan fingerprint density at radius 1 is 1.05 bits per heavy atom. The molecule has 1 saturated heterocycles. The lowest BCUT2D eigenvalue weighted by Crippen LogP contribution is -2.37. The SMILES string of the molecule is O=C1[C@@H]2[C@H](C(=O)N1CNc1ccc(Cl)cc1)[C@H]1C=C[C@H]2C1. The number of anilines is 1. The molecule has 2 fully saturated rings. The van der Waals surface area contributed by atoms with Gasteiger partial charge in [-0.1, -0.05) is 23.8 Å². The van der Waals surface area contributed by atoms with E-state index in [-0.39, 0.29) is 42.2 Å². The van der Waals surface area contributed by atoms with E-state index in [1.54, 1.807) is 12.1 Å². The lowest BCUT2D eigenvalue weighted by atomic mass is 9.85. The van der Waals surface area contributed by atoms with Gasteiger partial charge in [-0.05, 0) is 42.5 Å². The number of nitrogens with zero attached hydrogens (tertiary/aromatic N) is 1. The highest BCUT2D eigenvalue weighted by Crippen LogP contribution is 2.52. The van der Waals surface area contributed by atoms with E-state index in [4.69, 9.17) is 11.6 Å². The summed E-state index contributed by atoms with van der Waals surface area (Å²) in [4.78, 5) is 26.3. The number of likely N-dealkylation sites (tertiary alicyclic amines) is 1. The summed E-state index contributed by atoms with van der Waals surface area (Å²) >= 11 is 5.84. The standard InChI is InChI=1S/C16H15ClN2O2/c17-11-3-5-12(6-4-11)18-8-19-15(20)13-9-1-2-10(7-9)14(13)16(19)21/h1-6,9-10,13-14,18H,7-8H2/t9-,10-,13-,14+/m0/s1. The molecule has 1 aliphatic heterocycles. The van der Waals surface area contributed by atoms with Crippen molar-refractivity contribution >= 4 is 29.1 Å². The van der Waals surface area contributed by atoms with Gasteiger partial charge in [0.2, 0.25) is 11.8 Å². The number of rotatable bonds is 3. The molecule has 4 nitrogen and oxygen atoms in total. The molecule has 1 saturated carbocycles. The van der Waals surface area contributed by atoms with Crippen LogP contribution in [-0.2, 0) is 9.59 Å². The van der Waals surface area contributed by atoms with Gasteiger partial charge in [0.1, 0.15) is 0 Å². The molecular formula is C16H15ClN2O2. The first-order valence-electron chi connectivity index (χ1n) is 7.18. The fourth-order valence-electron chi connectivity index (χ4n) is 3.86. The van der Waals surface area contributed by atoms with E-state index in [9.17, 15) is 9.59 Å². The van der Waals surface area contributed by atoms with Gasteiger partial charge < -0.3 is 5.32 Å². The fraction of sp³-hybridized carbons (Fsp3) is 0.375. The minimum Gasteiger partial charge on any atom is -0.367 e. The molecule has 0 unspecified atom stereocenters. The zero-order valence-electron chi connectivity index (χ0n) is 11.3. The van der Waals surface area contributed by atoms with Crippen molar-refractivity contribution in [3.05, 3.63) is 41.4 Å². The minimum absolute atomic E-state index is 0.0247. The molecule has 1 aromatic rings. The van der Waals surface area contributed by atoms with E-state index in [0.717, 1.165) is 12.1 Å². The number of imide groups is 1. The summed E-state index contributed by atoms with van der Waals surface area (Å²) in [6.45, 7) is 0.228. The summed E-state index contributed by atoms with van der Waals surface area (Å²) in [5.41, 5.74) is 0.846. The molecule has 5 heteroatoms. The Balaban J connectivity index is 1.48. The van der Waals surface area contributed by atoms with Gasteiger partial charge in [0.15, 0.2) is 0 Å². The maximum atomic E-state index is 12.5. The first-order valence-corrected chi connectivity index (χ1v) is 7.56. The molecule has 2 amide bonds. The summed E-state index contributed by atoms with van der Waals surface area (Å²) in [6.07, 6.45) is 5.17. The largest absolute Gasteiger partial charge is 0.367 e. The van der Waals surface area contributed by atoms with Crippen molar-refractivity contribution in [3.8, 4) is 0 Å². The molecule has 2 bridgehead atoms. The Morgan fingerprint density at radius 2 is 1.62 bits per heavy atom.